The molecule has 1 fully saturated rings. The first-order chi connectivity index (χ1) is 18.3. The fraction of sp³-hybridized carbons (Fsp3) is 0.179. The molecule has 37 heavy (non-hydrogen) atoms. The van der Waals surface area contributed by atoms with Crippen LogP contribution < -0.4 is 10.1 Å². The van der Waals surface area contributed by atoms with Gasteiger partial charge < -0.3 is 15.0 Å². The van der Waals surface area contributed by atoms with Crippen molar-refractivity contribution < 1.29 is 4.74 Å². The summed E-state index contributed by atoms with van der Waals surface area (Å²) in [6.07, 6.45) is 13.0. The predicted octanol–water partition coefficient (Wildman–Crippen LogP) is 4.76. The van der Waals surface area contributed by atoms with Crippen LogP contribution >= 0.6 is 0 Å². The molecule has 9 heteroatoms. The van der Waals surface area contributed by atoms with Crippen LogP contribution in [-0.4, -0.2) is 54.3 Å². The molecule has 0 unspecified atom stereocenters. The van der Waals surface area contributed by atoms with Gasteiger partial charge in [-0.15, -0.1) is 0 Å². The summed E-state index contributed by atoms with van der Waals surface area (Å²) in [6, 6.07) is 12.2. The fourth-order valence-corrected chi connectivity index (χ4v) is 4.95. The third-order valence-corrected chi connectivity index (χ3v) is 6.82. The van der Waals surface area contributed by atoms with Crippen LogP contribution in [0.5, 0.6) is 5.75 Å². The minimum absolute atomic E-state index is 0.210. The van der Waals surface area contributed by atoms with Gasteiger partial charge >= 0.3 is 0 Å². The van der Waals surface area contributed by atoms with Gasteiger partial charge in [0.15, 0.2) is 0 Å². The number of nitrogens with one attached hydrogen (secondary N) is 3. The maximum Gasteiger partial charge on any atom is 0.138 e. The summed E-state index contributed by atoms with van der Waals surface area (Å²) >= 11 is 0. The van der Waals surface area contributed by atoms with E-state index in [0.29, 0.717) is 0 Å². The number of piperidine rings is 1. The Hall–Kier alpha value is -4.63. The van der Waals surface area contributed by atoms with Crippen LogP contribution in [0.3, 0.4) is 0 Å². The largest absolute Gasteiger partial charge is 0.489 e. The van der Waals surface area contributed by atoms with E-state index < -0.39 is 0 Å². The van der Waals surface area contributed by atoms with Gasteiger partial charge in [0.25, 0.3) is 0 Å². The Morgan fingerprint density at radius 3 is 2.59 bits per heavy atom. The van der Waals surface area contributed by atoms with E-state index in [-0.39, 0.29) is 6.10 Å². The van der Waals surface area contributed by atoms with Gasteiger partial charge in [-0.2, -0.15) is 5.10 Å². The second-order valence-electron chi connectivity index (χ2n) is 9.20. The molecule has 0 bridgehead atoms. The first kappa shape index (κ1) is 21.6. The highest BCUT2D eigenvalue weighted by molar-refractivity contribution is 6.00. The predicted molar refractivity (Wildman–Crippen MR) is 142 cm³/mol. The molecule has 1 saturated heterocycles. The van der Waals surface area contributed by atoms with E-state index in [0.717, 1.165) is 87.4 Å². The zero-order valence-electron chi connectivity index (χ0n) is 20.0. The molecule has 7 heterocycles. The molecule has 9 nitrogen and oxygen atoms in total. The molecule has 182 valence electrons. The van der Waals surface area contributed by atoms with Crippen LogP contribution in [0.15, 0.2) is 73.6 Å². The van der Waals surface area contributed by atoms with Gasteiger partial charge in [0.1, 0.15) is 23.2 Å². The number of rotatable bonds is 5. The third-order valence-electron chi connectivity index (χ3n) is 6.82. The van der Waals surface area contributed by atoms with Crippen molar-refractivity contribution in [2.24, 2.45) is 0 Å². The van der Waals surface area contributed by atoms with Crippen molar-refractivity contribution in [3.05, 3.63) is 73.6 Å². The first-order valence-corrected chi connectivity index (χ1v) is 12.4. The second-order valence-corrected chi connectivity index (χ2v) is 9.20. The molecule has 0 atom stereocenters. The summed E-state index contributed by atoms with van der Waals surface area (Å²) in [5.74, 6) is 0.768. The molecule has 6 aromatic heterocycles. The van der Waals surface area contributed by atoms with Crippen LogP contribution in [-0.2, 0) is 0 Å². The molecular formula is C28H24N8O. The van der Waals surface area contributed by atoms with Gasteiger partial charge in [-0.25, -0.2) is 4.98 Å². The van der Waals surface area contributed by atoms with Gasteiger partial charge in [0, 0.05) is 41.1 Å². The number of H-pyrrole nitrogens is 2. The van der Waals surface area contributed by atoms with Crippen molar-refractivity contribution in [3.8, 4) is 39.5 Å². The monoisotopic (exact) mass is 488 g/mol. The van der Waals surface area contributed by atoms with Gasteiger partial charge in [-0.05, 0) is 73.5 Å². The normalized spacial score (nSPS) is 14.4. The molecule has 0 spiro atoms. The number of hydrogen-bond acceptors (Lipinski definition) is 7. The van der Waals surface area contributed by atoms with Crippen molar-refractivity contribution in [1.82, 2.24) is 40.4 Å². The van der Waals surface area contributed by atoms with Crippen LogP contribution in [0.2, 0.25) is 0 Å². The molecule has 3 N–H and O–H groups in total. The highest BCUT2D eigenvalue weighted by Gasteiger charge is 2.17. The summed E-state index contributed by atoms with van der Waals surface area (Å²) in [4.78, 5) is 21.2. The molecule has 1 aliphatic rings. The smallest absolute Gasteiger partial charge is 0.138 e. The van der Waals surface area contributed by atoms with E-state index in [1.165, 1.54) is 0 Å². The molecular weight excluding hydrogens is 464 g/mol. The SMILES string of the molecule is c1cc(-c2ccnc3[nH]c(-c4n[nH]c5cnc(-c6cncc(OC7CCNCC7)c6)cc45)cc23)ccn1. The van der Waals surface area contributed by atoms with Gasteiger partial charge in [0.05, 0.1) is 29.3 Å². The molecule has 0 aliphatic carbocycles. The average molecular weight is 489 g/mol. The minimum Gasteiger partial charge on any atom is -0.489 e. The topological polar surface area (TPSA) is 117 Å². The molecule has 0 saturated carbocycles. The second kappa shape index (κ2) is 9.11. The van der Waals surface area contributed by atoms with E-state index >= 15 is 0 Å². The van der Waals surface area contributed by atoms with Crippen molar-refractivity contribution in [1.29, 1.82) is 0 Å². The van der Waals surface area contributed by atoms with Crippen LogP contribution in [0.1, 0.15) is 12.8 Å². The Balaban J connectivity index is 1.26. The molecule has 1 aliphatic heterocycles. The number of fused-ring (bicyclic) bond motifs is 2. The van der Waals surface area contributed by atoms with Gasteiger partial charge in [-0.3, -0.25) is 20.1 Å². The van der Waals surface area contributed by atoms with Crippen LogP contribution in [0, 0.1) is 0 Å². The molecule has 7 rings (SSSR count). The molecule has 6 aromatic rings. The summed E-state index contributed by atoms with van der Waals surface area (Å²) in [6.45, 7) is 1.96. The van der Waals surface area contributed by atoms with Gasteiger partial charge in [0.2, 0.25) is 0 Å². The molecule has 0 radical (unpaired) electrons. The van der Waals surface area contributed by atoms with E-state index in [1.54, 1.807) is 18.6 Å². The Labute approximate surface area is 212 Å². The van der Waals surface area contributed by atoms with Crippen molar-refractivity contribution >= 4 is 21.9 Å². The standard InChI is InChI=1S/C28H24N8O/c1-6-29-7-2-17(1)21-5-10-32-28-22(21)12-25(34-28)27-23-13-24(33-16-26(23)35-36-27)18-11-20(15-31-14-18)37-19-3-8-30-9-4-19/h1-2,5-7,10-16,19,30H,3-4,8-9H2,(H,32,34)(H,35,36). The minimum atomic E-state index is 0.210. The Bertz CT molecular complexity index is 1700. The number of aromatic nitrogens is 7. The fourth-order valence-electron chi connectivity index (χ4n) is 4.95. The van der Waals surface area contributed by atoms with E-state index in [1.807, 2.05) is 48.9 Å². The summed E-state index contributed by atoms with van der Waals surface area (Å²) in [7, 11) is 0. The average Bonchev–Trinajstić information content (AvgIpc) is 3.58. The van der Waals surface area contributed by atoms with Crippen molar-refractivity contribution in [3.63, 3.8) is 0 Å². The highest BCUT2D eigenvalue weighted by atomic mass is 16.5. The lowest BCUT2D eigenvalue weighted by molar-refractivity contribution is 0.162. The Morgan fingerprint density at radius 2 is 1.70 bits per heavy atom. The Morgan fingerprint density at radius 1 is 0.811 bits per heavy atom. The van der Waals surface area contributed by atoms with E-state index in [2.05, 4.69) is 46.5 Å². The first-order valence-electron chi connectivity index (χ1n) is 12.4. The molecule has 0 aromatic carbocycles. The number of hydrogen-bond donors (Lipinski definition) is 3. The molecule has 0 amide bonds. The zero-order valence-corrected chi connectivity index (χ0v) is 20.0. The zero-order chi connectivity index (χ0) is 24.6. The number of ether oxygens (including phenoxy) is 1. The lowest BCUT2D eigenvalue weighted by Crippen LogP contribution is -2.34. The third kappa shape index (κ3) is 4.09. The van der Waals surface area contributed by atoms with Crippen molar-refractivity contribution in [2.45, 2.75) is 18.9 Å². The summed E-state index contributed by atoms with van der Waals surface area (Å²) in [5.41, 5.74) is 7.25. The maximum atomic E-state index is 6.20. The van der Waals surface area contributed by atoms with Crippen molar-refractivity contribution in [2.75, 3.05) is 13.1 Å². The van der Waals surface area contributed by atoms with Crippen LogP contribution in [0.4, 0.5) is 0 Å². The summed E-state index contributed by atoms with van der Waals surface area (Å²) < 4.78 is 6.20. The van der Waals surface area contributed by atoms with Gasteiger partial charge in [-0.1, -0.05) is 0 Å². The number of pyridine rings is 4. The quantitative estimate of drug-likeness (QED) is 0.320. The van der Waals surface area contributed by atoms with E-state index in [9.17, 15) is 0 Å². The lowest BCUT2D eigenvalue weighted by Gasteiger charge is -2.23. The summed E-state index contributed by atoms with van der Waals surface area (Å²) in [5, 5.41) is 13.1. The lowest BCUT2D eigenvalue weighted by atomic mass is 10.0. The Kier molecular flexibility index (Phi) is 5.32. The maximum absolute atomic E-state index is 6.20. The van der Waals surface area contributed by atoms with Crippen LogP contribution in [0.25, 0.3) is 55.7 Å². The highest BCUT2D eigenvalue weighted by Crippen LogP contribution is 2.34. The van der Waals surface area contributed by atoms with E-state index in [4.69, 9.17) is 4.74 Å². The number of aromatic amines is 2. The number of nitrogens with zero attached hydrogens (tertiary/aromatic N) is 5.